The molecule has 1 aliphatic rings. The maximum atomic E-state index is 11.6. The number of carbonyl (C=O) groups is 1. The molecule has 4 heteroatoms. The van der Waals surface area contributed by atoms with Gasteiger partial charge in [0.25, 0.3) is 0 Å². The molecule has 0 aliphatic heterocycles. The van der Waals surface area contributed by atoms with E-state index in [1.54, 1.807) is 11.8 Å². The molecule has 1 aromatic carbocycles. The average molecular weight is 246 g/mol. The molecule has 1 fully saturated rings. The number of aromatic amines is 1. The Morgan fingerprint density at radius 1 is 1.47 bits per heavy atom. The zero-order valence-electron chi connectivity index (χ0n) is 9.69. The summed E-state index contributed by atoms with van der Waals surface area (Å²) in [6, 6.07) is 6.16. The lowest BCUT2D eigenvalue weighted by Crippen LogP contribution is -2.07. The van der Waals surface area contributed by atoms with Crippen molar-refractivity contribution < 1.29 is 4.79 Å². The topological polar surface area (TPSA) is 45.8 Å². The lowest BCUT2D eigenvalue weighted by atomic mass is 10.2. The quantitative estimate of drug-likeness (QED) is 0.885. The number of carbonyl (C=O) groups excluding carboxylic acids is 1. The van der Waals surface area contributed by atoms with Crippen molar-refractivity contribution in [2.24, 2.45) is 0 Å². The molecule has 1 aromatic heterocycles. The fourth-order valence-electron chi connectivity index (χ4n) is 2.20. The summed E-state index contributed by atoms with van der Waals surface area (Å²) in [5.41, 5.74) is 3.25. The maximum absolute atomic E-state index is 11.6. The molecule has 1 unspecified atom stereocenters. The highest BCUT2D eigenvalue weighted by atomic mass is 32.2. The average Bonchev–Trinajstić information content (AvgIpc) is 2.85. The van der Waals surface area contributed by atoms with E-state index in [-0.39, 0.29) is 5.25 Å². The van der Waals surface area contributed by atoms with Crippen LogP contribution in [0.15, 0.2) is 23.4 Å². The number of hydrogen-bond acceptors (Lipinski definition) is 3. The predicted molar refractivity (Wildman–Crippen MR) is 69.3 cm³/mol. The van der Waals surface area contributed by atoms with Crippen LogP contribution in [0.1, 0.15) is 24.8 Å². The molecule has 0 spiro atoms. The Kier molecular flexibility index (Phi) is 2.67. The molecule has 0 radical (unpaired) electrons. The van der Waals surface area contributed by atoms with Gasteiger partial charge in [-0.1, -0.05) is 17.8 Å². The molecule has 0 amide bonds. The summed E-state index contributed by atoms with van der Waals surface area (Å²) in [5.74, 6) is 0.367. The summed E-state index contributed by atoms with van der Waals surface area (Å²) in [7, 11) is 0. The summed E-state index contributed by atoms with van der Waals surface area (Å²) in [4.78, 5) is 19.4. The molecule has 3 rings (SSSR count). The molecule has 0 bridgehead atoms. The number of benzene rings is 1. The van der Waals surface area contributed by atoms with Gasteiger partial charge in [0.1, 0.15) is 5.78 Å². The van der Waals surface area contributed by atoms with E-state index in [1.165, 1.54) is 5.56 Å². The number of fused-ring (bicyclic) bond motifs is 1. The molecule has 3 nitrogen and oxygen atoms in total. The number of Topliss-reactive ketones (excluding diaryl/α,β-unsaturated/α-hetero) is 1. The third-order valence-corrected chi connectivity index (χ3v) is 4.32. The van der Waals surface area contributed by atoms with Gasteiger partial charge in [0.2, 0.25) is 0 Å². The summed E-state index contributed by atoms with van der Waals surface area (Å²) in [5, 5.41) is 0.975. The zero-order chi connectivity index (χ0) is 11.8. The second-order valence-corrected chi connectivity index (χ2v) is 5.72. The highest BCUT2D eigenvalue weighted by molar-refractivity contribution is 8.00. The van der Waals surface area contributed by atoms with E-state index >= 15 is 0 Å². The number of rotatable bonds is 2. The van der Waals surface area contributed by atoms with Crippen LogP contribution in [0.25, 0.3) is 11.0 Å². The number of imidazole rings is 1. The van der Waals surface area contributed by atoms with E-state index in [0.29, 0.717) is 5.78 Å². The Hall–Kier alpha value is -1.29. The summed E-state index contributed by atoms with van der Waals surface area (Å²) in [6.45, 7) is 2.06. The van der Waals surface area contributed by atoms with E-state index in [4.69, 9.17) is 0 Å². The standard InChI is InChI=1S/C13H14N2OS/c1-8-5-6-9-10(7-8)15-13(14-9)17-12-4-2-3-11(12)16/h5-7,12H,2-4H2,1H3,(H,14,15). The number of nitrogens with one attached hydrogen (secondary N) is 1. The highest BCUT2D eigenvalue weighted by Gasteiger charge is 2.26. The van der Waals surface area contributed by atoms with Crippen molar-refractivity contribution in [3.63, 3.8) is 0 Å². The van der Waals surface area contributed by atoms with Crippen LogP contribution in [-0.2, 0) is 4.79 Å². The lowest BCUT2D eigenvalue weighted by Gasteiger charge is -2.03. The van der Waals surface area contributed by atoms with Crippen LogP contribution < -0.4 is 0 Å². The van der Waals surface area contributed by atoms with Crippen molar-refractivity contribution in [1.29, 1.82) is 0 Å². The Morgan fingerprint density at radius 2 is 2.35 bits per heavy atom. The Morgan fingerprint density at radius 3 is 3.12 bits per heavy atom. The van der Waals surface area contributed by atoms with Crippen molar-refractivity contribution in [1.82, 2.24) is 9.97 Å². The van der Waals surface area contributed by atoms with Gasteiger partial charge in [-0.05, 0) is 37.5 Å². The van der Waals surface area contributed by atoms with Crippen molar-refractivity contribution in [2.45, 2.75) is 36.6 Å². The third kappa shape index (κ3) is 2.09. The molecule has 2 aromatic rings. The first kappa shape index (κ1) is 10.8. The van der Waals surface area contributed by atoms with Gasteiger partial charge in [0.15, 0.2) is 5.16 Å². The van der Waals surface area contributed by atoms with Gasteiger partial charge < -0.3 is 4.98 Å². The predicted octanol–water partition coefficient (Wildman–Crippen LogP) is 3.09. The molecule has 17 heavy (non-hydrogen) atoms. The van der Waals surface area contributed by atoms with Crippen molar-refractivity contribution in [2.75, 3.05) is 0 Å². The van der Waals surface area contributed by atoms with E-state index in [9.17, 15) is 4.79 Å². The molecular formula is C13H14N2OS. The van der Waals surface area contributed by atoms with Crippen LogP contribution in [0.5, 0.6) is 0 Å². The summed E-state index contributed by atoms with van der Waals surface area (Å²) < 4.78 is 0. The molecular weight excluding hydrogens is 232 g/mol. The minimum atomic E-state index is 0.108. The molecule has 1 heterocycles. The number of aromatic nitrogens is 2. The highest BCUT2D eigenvalue weighted by Crippen LogP contribution is 2.31. The molecule has 1 aliphatic carbocycles. The van der Waals surface area contributed by atoms with Crippen LogP contribution >= 0.6 is 11.8 Å². The zero-order valence-corrected chi connectivity index (χ0v) is 10.5. The number of nitrogens with zero attached hydrogens (tertiary/aromatic N) is 1. The smallest absolute Gasteiger partial charge is 0.167 e. The minimum Gasteiger partial charge on any atom is -0.333 e. The van der Waals surface area contributed by atoms with Crippen LogP contribution in [0.2, 0.25) is 0 Å². The molecule has 1 atom stereocenters. The van der Waals surface area contributed by atoms with Gasteiger partial charge in [-0.15, -0.1) is 0 Å². The second kappa shape index (κ2) is 4.18. The van der Waals surface area contributed by atoms with Crippen LogP contribution in [0.4, 0.5) is 0 Å². The first-order chi connectivity index (χ1) is 8.22. The number of aryl methyl sites for hydroxylation is 1. The number of thioether (sulfide) groups is 1. The Balaban J connectivity index is 1.88. The largest absolute Gasteiger partial charge is 0.333 e. The van der Waals surface area contributed by atoms with Crippen molar-refractivity contribution in [3.8, 4) is 0 Å². The fourth-order valence-corrected chi connectivity index (χ4v) is 3.32. The SMILES string of the molecule is Cc1ccc2nc(SC3CCCC3=O)[nH]c2c1. The van der Waals surface area contributed by atoms with Gasteiger partial charge in [-0.25, -0.2) is 4.98 Å². The normalized spacial score (nSPS) is 20.3. The van der Waals surface area contributed by atoms with E-state index in [1.807, 2.05) is 6.07 Å². The van der Waals surface area contributed by atoms with E-state index in [2.05, 4.69) is 29.0 Å². The molecule has 88 valence electrons. The van der Waals surface area contributed by atoms with Crippen molar-refractivity contribution in [3.05, 3.63) is 23.8 Å². The second-order valence-electron chi connectivity index (χ2n) is 4.53. The Bertz CT molecular complexity index is 576. The van der Waals surface area contributed by atoms with E-state index in [0.717, 1.165) is 35.5 Å². The molecule has 1 saturated carbocycles. The van der Waals surface area contributed by atoms with Crippen LogP contribution in [-0.4, -0.2) is 21.0 Å². The summed E-state index contributed by atoms with van der Waals surface area (Å²) >= 11 is 1.57. The Labute approximate surface area is 104 Å². The van der Waals surface area contributed by atoms with Gasteiger partial charge in [-0.3, -0.25) is 4.79 Å². The molecule has 1 N–H and O–H groups in total. The van der Waals surface area contributed by atoms with Gasteiger partial charge >= 0.3 is 0 Å². The van der Waals surface area contributed by atoms with Crippen LogP contribution in [0, 0.1) is 6.92 Å². The lowest BCUT2D eigenvalue weighted by molar-refractivity contribution is -0.116. The summed E-state index contributed by atoms with van der Waals surface area (Å²) in [6.07, 6.45) is 2.74. The minimum absolute atomic E-state index is 0.108. The van der Waals surface area contributed by atoms with Gasteiger partial charge in [-0.2, -0.15) is 0 Å². The number of ketones is 1. The van der Waals surface area contributed by atoms with Gasteiger partial charge in [0, 0.05) is 6.42 Å². The van der Waals surface area contributed by atoms with Gasteiger partial charge in [0.05, 0.1) is 16.3 Å². The van der Waals surface area contributed by atoms with Crippen molar-refractivity contribution >= 4 is 28.6 Å². The van der Waals surface area contributed by atoms with E-state index < -0.39 is 0 Å². The maximum Gasteiger partial charge on any atom is 0.167 e. The number of H-pyrrole nitrogens is 1. The number of hydrogen-bond donors (Lipinski definition) is 1. The fraction of sp³-hybridized carbons (Fsp3) is 0.385. The van der Waals surface area contributed by atoms with Crippen LogP contribution in [0.3, 0.4) is 0 Å². The third-order valence-electron chi connectivity index (χ3n) is 3.12. The molecule has 0 saturated heterocycles. The first-order valence-electron chi connectivity index (χ1n) is 5.88. The monoisotopic (exact) mass is 246 g/mol. The first-order valence-corrected chi connectivity index (χ1v) is 6.76.